The van der Waals surface area contributed by atoms with Crippen molar-refractivity contribution in [2.24, 2.45) is 5.92 Å². The van der Waals surface area contributed by atoms with Gasteiger partial charge >= 0.3 is 0 Å². The lowest BCUT2D eigenvalue weighted by Crippen LogP contribution is -2.40. The van der Waals surface area contributed by atoms with Crippen molar-refractivity contribution in [3.8, 4) is 6.07 Å². The summed E-state index contributed by atoms with van der Waals surface area (Å²) in [5.74, 6) is 0.276. The molecule has 0 saturated carbocycles. The smallest absolute Gasteiger partial charge is 0.223 e. The fourth-order valence-electron chi connectivity index (χ4n) is 1.94. The Hall–Kier alpha value is -1.34. The maximum atomic E-state index is 11.6. The predicted molar refractivity (Wildman–Crippen MR) is 62.6 cm³/mol. The third-order valence-electron chi connectivity index (χ3n) is 2.92. The van der Waals surface area contributed by atoms with E-state index >= 15 is 0 Å². The van der Waals surface area contributed by atoms with Gasteiger partial charge < -0.3 is 10.2 Å². The molecule has 4 nitrogen and oxygen atoms in total. The third kappa shape index (κ3) is 4.03. The number of likely N-dealkylation sites (tertiary alicyclic amines) is 1. The van der Waals surface area contributed by atoms with Gasteiger partial charge in [0, 0.05) is 25.4 Å². The second-order valence-corrected chi connectivity index (χ2v) is 4.06. The largest absolute Gasteiger partial charge is 0.352 e. The molecule has 88 valence electrons. The Morgan fingerprint density at radius 1 is 1.56 bits per heavy atom. The Labute approximate surface area is 96.9 Å². The topological polar surface area (TPSA) is 56.1 Å². The average molecular weight is 221 g/mol. The predicted octanol–water partition coefficient (Wildman–Crippen LogP) is 0.914. The highest BCUT2D eigenvalue weighted by Crippen LogP contribution is 2.17. The lowest BCUT2D eigenvalue weighted by molar-refractivity contribution is -0.126. The van der Waals surface area contributed by atoms with Crippen molar-refractivity contribution in [1.82, 2.24) is 10.2 Å². The minimum Gasteiger partial charge on any atom is -0.352 e. The lowest BCUT2D eigenvalue weighted by Gasteiger charge is -2.30. The van der Waals surface area contributed by atoms with Gasteiger partial charge in [0.15, 0.2) is 0 Å². The summed E-state index contributed by atoms with van der Waals surface area (Å²) in [7, 11) is 0. The van der Waals surface area contributed by atoms with E-state index in [0.29, 0.717) is 13.0 Å². The third-order valence-corrected chi connectivity index (χ3v) is 2.92. The molecule has 0 atom stereocenters. The van der Waals surface area contributed by atoms with Crippen LogP contribution in [-0.4, -0.2) is 37.0 Å². The second kappa shape index (κ2) is 7.02. The highest BCUT2D eigenvalue weighted by Gasteiger charge is 2.23. The van der Waals surface area contributed by atoms with Crippen LogP contribution in [0.3, 0.4) is 0 Å². The van der Waals surface area contributed by atoms with Crippen molar-refractivity contribution >= 4 is 5.91 Å². The van der Waals surface area contributed by atoms with Crippen LogP contribution in [-0.2, 0) is 4.79 Å². The minimum absolute atomic E-state index is 0.137. The van der Waals surface area contributed by atoms with Crippen molar-refractivity contribution in [2.45, 2.75) is 19.3 Å². The Kier molecular flexibility index (Phi) is 5.58. The first kappa shape index (κ1) is 12.7. The standard InChI is InChI=1S/C12H19N3O/c1-2-7-14-12(16)11-4-9-15(10-5-11)8-3-6-13/h2,11H,1,3-5,7-10H2,(H,14,16). The van der Waals surface area contributed by atoms with E-state index in [1.807, 2.05) is 0 Å². The summed E-state index contributed by atoms with van der Waals surface area (Å²) in [5.41, 5.74) is 0. The van der Waals surface area contributed by atoms with Crippen molar-refractivity contribution in [2.75, 3.05) is 26.2 Å². The number of carbonyl (C=O) groups is 1. The molecule has 0 spiro atoms. The zero-order chi connectivity index (χ0) is 11.8. The van der Waals surface area contributed by atoms with Gasteiger partial charge in [0.25, 0.3) is 0 Å². The Bertz CT molecular complexity index is 274. The molecule has 1 N–H and O–H groups in total. The van der Waals surface area contributed by atoms with Gasteiger partial charge in [-0.3, -0.25) is 4.79 Å². The van der Waals surface area contributed by atoms with E-state index in [-0.39, 0.29) is 11.8 Å². The molecule has 0 bridgehead atoms. The zero-order valence-electron chi connectivity index (χ0n) is 9.61. The summed E-state index contributed by atoms with van der Waals surface area (Å²) in [5, 5.41) is 11.3. The molecule has 1 fully saturated rings. The van der Waals surface area contributed by atoms with Crippen LogP contribution < -0.4 is 5.32 Å². The van der Waals surface area contributed by atoms with E-state index in [4.69, 9.17) is 5.26 Å². The minimum atomic E-state index is 0.137. The summed E-state index contributed by atoms with van der Waals surface area (Å²) >= 11 is 0. The quantitative estimate of drug-likeness (QED) is 0.702. The molecule has 0 unspecified atom stereocenters. The van der Waals surface area contributed by atoms with E-state index in [0.717, 1.165) is 32.5 Å². The first-order valence-corrected chi connectivity index (χ1v) is 5.76. The molecule has 0 radical (unpaired) electrons. The molecule has 16 heavy (non-hydrogen) atoms. The number of nitriles is 1. The van der Waals surface area contributed by atoms with Crippen LogP contribution in [0.4, 0.5) is 0 Å². The van der Waals surface area contributed by atoms with Crippen LogP contribution in [0.2, 0.25) is 0 Å². The molecule has 0 aromatic rings. The summed E-state index contributed by atoms with van der Waals surface area (Å²) in [4.78, 5) is 13.9. The summed E-state index contributed by atoms with van der Waals surface area (Å²) in [6, 6.07) is 2.14. The van der Waals surface area contributed by atoms with Gasteiger partial charge in [-0.15, -0.1) is 6.58 Å². The molecule has 1 amide bonds. The molecule has 0 aromatic heterocycles. The van der Waals surface area contributed by atoms with Crippen LogP contribution >= 0.6 is 0 Å². The number of carbonyl (C=O) groups excluding carboxylic acids is 1. The number of hydrogen-bond donors (Lipinski definition) is 1. The van der Waals surface area contributed by atoms with Crippen LogP contribution in [0, 0.1) is 17.2 Å². The molecule has 0 aromatic carbocycles. The lowest BCUT2D eigenvalue weighted by atomic mass is 9.96. The highest BCUT2D eigenvalue weighted by molar-refractivity contribution is 5.78. The Morgan fingerprint density at radius 2 is 2.25 bits per heavy atom. The Balaban J connectivity index is 2.23. The molecule has 1 heterocycles. The van der Waals surface area contributed by atoms with E-state index in [1.54, 1.807) is 6.08 Å². The molecular weight excluding hydrogens is 202 g/mol. The number of amides is 1. The summed E-state index contributed by atoms with van der Waals surface area (Å²) < 4.78 is 0. The highest BCUT2D eigenvalue weighted by atomic mass is 16.1. The molecule has 1 aliphatic rings. The second-order valence-electron chi connectivity index (χ2n) is 4.06. The van der Waals surface area contributed by atoms with Crippen molar-refractivity contribution in [1.29, 1.82) is 5.26 Å². The van der Waals surface area contributed by atoms with Gasteiger partial charge in [0.1, 0.15) is 0 Å². The van der Waals surface area contributed by atoms with E-state index < -0.39 is 0 Å². The summed E-state index contributed by atoms with van der Waals surface area (Å²) in [6.07, 6.45) is 4.07. The molecule has 1 rings (SSSR count). The SMILES string of the molecule is C=CCNC(=O)C1CCN(CCC#N)CC1. The van der Waals surface area contributed by atoms with E-state index in [1.165, 1.54) is 0 Å². The monoisotopic (exact) mass is 221 g/mol. The average Bonchev–Trinajstić information content (AvgIpc) is 2.34. The van der Waals surface area contributed by atoms with Crippen LogP contribution in [0.15, 0.2) is 12.7 Å². The van der Waals surface area contributed by atoms with Gasteiger partial charge in [-0.1, -0.05) is 6.08 Å². The van der Waals surface area contributed by atoms with Gasteiger partial charge in [-0.05, 0) is 25.9 Å². The number of nitrogens with one attached hydrogen (secondary N) is 1. The van der Waals surface area contributed by atoms with Crippen LogP contribution in [0.25, 0.3) is 0 Å². The van der Waals surface area contributed by atoms with E-state index in [2.05, 4.69) is 22.9 Å². The first-order valence-electron chi connectivity index (χ1n) is 5.76. The summed E-state index contributed by atoms with van der Waals surface area (Å²) in [6.45, 7) is 6.80. The van der Waals surface area contributed by atoms with Crippen molar-refractivity contribution in [3.63, 3.8) is 0 Å². The number of nitrogens with zero attached hydrogens (tertiary/aromatic N) is 2. The van der Waals surface area contributed by atoms with Crippen molar-refractivity contribution in [3.05, 3.63) is 12.7 Å². The van der Waals surface area contributed by atoms with Gasteiger partial charge in [-0.25, -0.2) is 0 Å². The zero-order valence-corrected chi connectivity index (χ0v) is 9.61. The van der Waals surface area contributed by atoms with Gasteiger partial charge in [-0.2, -0.15) is 5.26 Å². The van der Waals surface area contributed by atoms with Crippen molar-refractivity contribution < 1.29 is 4.79 Å². The molecular formula is C12H19N3O. The molecule has 1 aliphatic heterocycles. The van der Waals surface area contributed by atoms with Crippen LogP contribution in [0.5, 0.6) is 0 Å². The maximum Gasteiger partial charge on any atom is 0.223 e. The Morgan fingerprint density at radius 3 is 2.81 bits per heavy atom. The molecule has 1 saturated heterocycles. The molecule has 4 heteroatoms. The first-order chi connectivity index (χ1) is 7.77. The van der Waals surface area contributed by atoms with E-state index in [9.17, 15) is 4.79 Å². The normalized spacial score (nSPS) is 17.7. The number of piperidine rings is 1. The fourth-order valence-corrected chi connectivity index (χ4v) is 1.94. The van der Waals surface area contributed by atoms with Gasteiger partial charge in [0.05, 0.1) is 6.07 Å². The fraction of sp³-hybridized carbons (Fsp3) is 0.667. The van der Waals surface area contributed by atoms with Gasteiger partial charge in [0.2, 0.25) is 5.91 Å². The molecule has 0 aliphatic carbocycles. The number of rotatable bonds is 5. The number of hydrogen-bond acceptors (Lipinski definition) is 3. The van der Waals surface area contributed by atoms with Crippen LogP contribution in [0.1, 0.15) is 19.3 Å². The maximum absolute atomic E-state index is 11.6.